The number of aromatic nitrogens is 2. The Kier molecular flexibility index (Phi) is 2.97. The summed E-state index contributed by atoms with van der Waals surface area (Å²) in [4.78, 5) is 26.6. The fraction of sp³-hybridized carbons (Fsp3) is 0.154. The highest BCUT2D eigenvalue weighted by Gasteiger charge is 2.15. The molecular formula is C13H12N2O3. The SMILES string of the molecule is Cc1cccc(-c2nc(=O)n(C)cc2C(=O)O)c1. The summed E-state index contributed by atoms with van der Waals surface area (Å²) in [7, 11) is 1.47. The summed E-state index contributed by atoms with van der Waals surface area (Å²) >= 11 is 0. The van der Waals surface area contributed by atoms with E-state index in [9.17, 15) is 9.59 Å². The number of rotatable bonds is 2. The van der Waals surface area contributed by atoms with E-state index in [2.05, 4.69) is 4.98 Å². The number of carboxylic acid groups (broad SMARTS) is 1. The predicted molar refractivity (Wildman–Crippen MR) is 66.6 cm³/mol. The van der Waals surface area contributed by atoms with Crippen molar-refractivity contribution in [3.8, 4) is 11.3 Å². The Morgan fingerprint density at radius 3 is 2.72 bits per heavy atom. The van der Waals surface area contributed by atoms with Gasteiger partial charge in [0.15, 0.2) is 0 Å². The lowest BCUT2D eigenvalue weighted by Crippen LogP contribution is -2.22. The molecule has 0 saturated heterocycles. The molecule has 0 saturated carbocycles. The van der Waals surface area contributed by atoms with Gasteiger partial charge in [-0.05, 0) is 13.0 Å². The van der Waals surface area contributed by atoms with Crippen molar-refractivity contribution in [3.63, 3.8) is 0 Å². The Bertz CT molecular complexity index is 674. The molecule has 0 spiro atoms. The van der Waals surface area contributed by atoms with Crippen molar-refractivity contribution in [2.45, 2.75) is 6.92 Å². The minimum absolute atomic E-state index is 0.0164. The van der Waals surface area contributed by atoms with Gasteiger partial charge in [0.05, 0.1) is 5.69 Å². The van der Waals surface area contributed by atoms with Crippen molar-refractivity contribution in [2.75, 3.05) is 0 Å². The van der Waals surface area contributed by atoms with Crippen molar-refractivity contribution in [2.24, 2.45) is 7.05 Å². The molecule has 18 heavy (non-hydrogen) atoms. The van der Waals surface area contributed by atoms with Crippen molar-refractivity contribution in [1.82, 2.24) is 9.55 Å². The number of aromatic carboxylic acids is 1. The van der Waals surface area contributed by atoms with Gasteiger partial charge < -0.3 is 9.67 Å². The number of carbonyl (C=O) groups is 1. The highest BCUT2D eigenvalue weighted by Crippen LogP contribution is 2.20. The molecule has 0 fully saturated rings. The summed E-state index contributed by atoms with van der Waals surface area (Å²) < 4.78 is 1.16. The van der Waals surface area contributed by atoms with Crippen LogP contribution < -0.4 is 5.69 Å². The van der Waals surface area contributed by atoms with E-state index < -0.39 is 11.7 Å². The van der Waals surface area contributed by atoms with Crippen molar-refractivity contribution >= 4 is 5.97 Å². The molecule has 0 aliphatic carbocycles. The van der Waals surface area contributed by atoms with E-state index in [4.69, 9.17) is 5.11 Å². The maximum atomic E-state index is 11.5. The van der Waals surface area contributed by atoms with E-state index in [0.717, 1.165) is 10.1 Å². The van der Waals surface area contributed by atoms with Crippen LogP contribution in [0.15, 0.2) is 35.3 Å². The first kappa shape index (κ1) is 12.0. The molecule has 0 aliphatic rings. The molecule has 0 radical (unpaired) electrons. The van der Waals surface area contributed by atoms with E-state index >= 15 is 0 Å². The molecule has 2 aromatic rings. The van der Waals surface area contributed by atoms with Gasteiger partial charge in [-0.1, -0.05) is 23.8 Å². The number of hydrogen-bond acceptors (Lipinski definition) is 3. The number of carboxylic acids is 1. The molecule has 0 amide bonds. The molecular weight excluding hydrogens is 232 g/mol. The Morgan fingerprint density at radius 1 is 1.39 bits per heavy atom. The summed E-state index contributed by atoms with van der Waals surface area (Å²) in [6.45, 7) is 1.89. The molecule has 1 N–H and O–H groups in total. The predicted octanol–water partition coefficient (Wildman–Crippen LogP) is 1.45. The molecule has 2 rings (SSSR count). The van der Waals surface area contributed by atoms with Gasteiger partial charge in [0.25, 0.3) is 0 Å². The maximum absolute atomic E-state index is 11.5. The van der Waals surface area contributed by atoms with Crippen LogP contribution in [0, 0.1) is 6.92 Å². The third kappa shape index (κ3) is 2.15. The summed E-state index contributed by atoms with van der Waals surface area (Å²) in [5.74, 6) is -1.10. The number of hydrogen-bond donors (Lipinski definition) is 1. The molecule has 0 atom stereocenters. The van der Waals surface area contributed by atoms with E-state index in [-0.39, 0.29) is 11.3 Å². The van der Waals surface area contributed by atoms with Crippen LogP contribution >= 0.6 is 0 Å². The third-order valence-electron chi connectivity index (χ3n) is 2.61. The number of nitrogens with zero attached hydrogens (tertiary/aromatic N) is 2. The first-order valence-electron chi connectivity index (χ1n) is 5.37. The van der Waals surface area contributed by atoms with Gasteiger partial charge in [0.1, 0.15) is 5.56 Å². The molecule has 1 aromatic heterocycles. The minimum atomic E-state index is -1.10. The van der Waals surface area contributed by atoms with Crippen molar-refractivity contribution in [1.29, 1.82) is 0 Å². The quantitative estimate of drug-likeness (QED) is 0.867. The summed E-state index contributed by atoms with van der Waals surface area (Å²) in [5.41, 5.74) is 1.35. The summed E-state index contributed by atoms with van der Waals surface area (Å²) in [6, 6.07) is 7.23. The Morgan fingerprint density at radius 2 is 2.11 bits per heavy atom. The normalized spacial score (nSPS) is 10.3. The zero-order chi connectivity index (χ0) is 13.3. The zero-order valence-corrected chi connectivity index (χ0v) is 10.0. The Balaban J connectivity index is 2.74. The van der Waals surface area contributed by atoms with Gasteiger partial charge in [-0.2, -0.15) is 4.98 Å². The second kappa shape index (κ2) is 4.44. The van der Waals surface area contributed by atoms with Gasteiger partial charge in [-0.15, -0.1) is 0 Å². The fourth-order valence-electron chi connectivity index (χ4n) is 1.71. The van der Waals surface area contributed by atoms with Crippen LogP contribution in [-0.2, 0) is 7.05 Å². The van der Waals surface area contributed by atoms with Crippen LogP contribution in [0.1, 0.15) is 15.9 Å². The fourth-order valence-corrected chi connectivity index (χ4v) is 1.71. The van der Waals surface area contributed by atoms with Gasteiger partial charge in [-0.25, -0.2) is 9.59 Å². The minimum Gasteiger partial charge on any atom is -0.478 e. The monoisotopic (exact) mass is 244 g/mol. The van der Waals surface area contributed by atoms with Gasteiger partial charge in [0, 0.05) is 18.8 Å². The topological polar surface area (TPSA) is 72.2 Å². The van der Waals surface area contributed by atoms with Gasteiger partial charge in [-0.3, -0.25) is 0 Å². The zero-order valence-electron chi connectivity index (χ0n) is 10.0. The molecule has 0 bridgehead atoms. The van der Waals surface area contributed by atoms with Crippen LogP contribution in [-0.4, -0.2) is 20.6 Å². The van der Waals surface area contributed by atoms with Crippen molar-refractivity contribution < 1.29 is 9.90 Å². The Labute approximate surface area is 103 Å². The van der Waals surface area contributed by atoms with Crippen molar-refractivity contribution in [3.05, 3.63) is 52.1 Å². The highest BCUT2D eigenvalue weighted by atomic mass is 16.4. The van der Waals surface area contributed by atoms with Gasteiger partial charge in [0.2, 0.25) is 0 Å². The smallest absolute Gasteiger partial charge is 0.347 e. The first-order chi connectivity index (χ1) is 8.49. The molecule has 0 unspecified atom stereocenters. The van der Waals surface area contributed by atoms with E-state index in [1.165, 1.54) is 13.2 Å². The van der Waals surface area contributed by atoms with Crippen LogP contribution in [0.5, 0.6) is 0 Å². The number of benzene rings is 1. The van der Waals surface area contributed by atoms with Gasteiger partial charge >= 0.3 is 11.7 Å². The lowest BCUT2D eigenvalue weighted by atomic mass is 10.1. The molecule has 92 valence electrons. The summed E-state index contributed by atoms with van der Waals surface area (Å²) in [5, 5.41) is 9.16. The lowest BCUT2D eigenvalue weighted by molar-refractivity contribution is 0.0696. The van der Waals surface area contributed by atoms with Crippen LogP contribution in [0.25, 0.3) is 11.3 Å². The molecule has 1 aromatic carbocycles. The second-order valence-corrected chi connectivity index (χ2v) is 4.07. The third-order valence-corrected chi connectivity index (χ3v) is 2.61. The average Bonchev–Trinajstić information content (AvgIpc) is 2.31. The maximum Gasteiger partial charge on any atom is 0.347 e. The standard InChI is InChI=1S/C13H12N2O3/c1-8-4-3-5-9(6-8)11-10(12(16)17)7-15(2)13(18)14-11/h3-7H,1-2H3,(H,16,17). The lowest BCUT2D eigenvalue weighted by Gasteiger charge is -2.07. The Hall–Kier alpha value is -2.43. The van der Waals surface area contributed by atoms with Crippen LogP contribution in [0.2, 0.25) is 0 Å². The number of aryl methyl sites for hydroxylation is 2. The van der Waals surface area contributed by atoms with E-state index in [1.54, 1.807) is 18.2 Å². The van der Waals surface area contributed by atoms with Crippen LogP contribution in [0.4, 0.5) is 0 Å². The average molecular weight is 244 g/mol. The molecule has 5 heteroatoms. The van der Waals surface area contributed by atoms with E-state index in [0.29, 0.717) is 5.56 Å². The van der Waals surface area contributed by atoms with E-state index in [1.807, 2.05) is 13.0 Å². The summed E-state index contributed by atoms with van der Waals surface area (Å²) in [6.07, 6.45) is 1.29. The largest absolute Gasteiger partial charge is 0.478 e. The molecule has 0 aliphatic heterocycles. The molecule has 1 heterocycles. The van der Waals surface area contributed by atoms with Crippen LogP contribution in [0.3, 0.4) is 0 Å². The highest BCUT2D eigenvalue weighted by molar-refractivity contribution is 5.94. The molecule has 5 nitrogen and oxygen atoms in total. The second-order valence-electron chi connectivity index (χ2n) is 4.07. The first-order valence-corrected chi connectivity index (χ1v) is 5.37.